The molecule has 5 heteroatoms. The van der Waals surface area contributed by atoms with Crippen LogP contribution in [0.15, 0.2) is 18.2 Å². The molecule has 2 rings (SSSR count). The van der Waals surface area contributed by atoms with E-state index in [9.17, 15) is 14.4 Å². The number of benzene rings is 1. The van der Waals surface area contributed by atoms with Crippen molar-refractivity contribution >= 4 is 12.6 Å². The van der Waals surface area contributed by atoms with Crippen molar-refractivity contribution in [2.45, 2.75) is 19.4 Å². The highest BCUT2D eigenvalue weighted by Gasteiger charge is 2.19. The lowest BCUT2D eigenvalue weighted by Crippen LogP contribution is -2.35. The summed E-state index contributed by atoms with van der Waals surface area (Å²) in [5.74, 6) is -0.335. The van der Waals surface area contributed by atoms with Crippen LogP contribution in [0.5, 0.6) is 0 Å². The minimum atomic E-state index is -1.53. The third-order valence-corrected chi connectivity index (χ3v) is 2.98. The summed E-state index contributed by atoms with van der Waals surface area (Å²) in [6.45, 7) is 2.58. The monoisotopic (exact) mass is 223 g/mol. The summed E-state index contributed by atoms with van der Waals surface area (Å²) in [5, 5.41) is 18.4. The van der Waals surface area contributed by atoms with Crippen molar-refractivity contribution in [1.29, 1.82) is 0 Å². The molecule has 0 radical (unpaired) electrons. The van der Waals surface area contributed by atoms with Crippen molar-refractivity contribution in [1.82, 2.24) is 4.90 Å². The van der Waals surface area contributed by atoms with E-state index in [0.29, 0.717) is 17.6 Å². The van der Waals surface area contributed by atoms with Crippen molar-refractivity contribution in [3.05, 3.63) is 29.6 Å². The number of halogens is 1. The Morgan fingerprint density at radius 3 is 2.56 bits per heavy atom. The van der Waals surface area contributed by atoms with Gasteiger partial charge >= 0.3 is 7.12 Å². The molecule has 0 aromatic heterocycles. The molecule has 0 spiro atoms. The minimum absolute atomic E-state index is 0.335. The van der Waals surface area contributed by atoms with Gasteiger partial charge in [-0.1, -0.05) is 6.07 Å². The topological polar surface area (TPSA) is 43.7 Å². The van der Waals surface area contributed by atoms with Gasteiger partial charge in [0.25, 0.3) is 0 Å². The molecule has 1 aliphatic heterocycles. The van der Waals surface area contributed by atoms with E-state index < -0.39 is 7.12 Å². The molecule has 1 heterocycles. The van der Waals surface area contributed by atoms with E-state index in [1.165, 1.54) is 18.2 Å². The first kappa shape index (κ1) is 11.6. The summed E-state index contributed by atoms with van der Waals surface area (Å²) in [6, 6.07) is 4.07. The molecule has 2 N–H and O–H groups in total. The van der Waals surface area contributed by atoms with Crippen LogP contribution >= 0.6 is 0 Å². The van der Waals surface area contributed by atoms with Crippen molar-refractivity contribution in [3.63, 3.8) is 0 Å². The fraction of sp³-hybridized carbons (Fsp3) is 0.455. The summed E-state index contributed by atoms with van der Waals surface area (Å²) in [5.41, 5.74) is 1.06. The number of hydrogen-bond acceptors (Lipinski definition) is 3. The Hall–Kier alpha value is -0.905. The highest BCUT2D eigenvalue weighted by atomic mass is 19.1. The molecule has 1 aromatic carbocycles. The minimum Gasteiger partial charge on any atom is -0.423 e. The fourth-order valence-corrected chi connectivity index (χ4v) is 2.14. The number of hydrogen-bond donors (Lipinski definition) is 2. The molecule has 0 amide bonds. The van der Waals surface area contributed by atoms with E-state index in [-0.39, 0.29) is 5.82 Å². The summed E-state index contributed by atoms with van der Waals surface area (Å²) in [6.07, 6.45) is 2.32. The van der Waals surface area contributed by atoms with E-state index >= 15 is 0 Å². The van der Waals surface area contributed by atoms with E-state index in [1.807, 2.05) is 0 Å². The average Bonchev–Trinajstić information content (AvgIpc) is 2.70. The molecule has 1 aliphatic rings. The summed E-state index contributed by atoms with van der Waals surface area (Å²) in [4.78, 5) is 2.20. The highest BCUT2D eigenvalue weighted by Crippen LogP contribution is 2.12. The SMILES string of the molecule is OB(O)c1ccc(F)cc1CN1CCCC1. The molecule has 86 valence electrons. The number of nitrogens with zero attached hydrogens (tertiary/aromatic N) is 1. The van der Waals surface area contributed by atoms with Gasteiger partial charge < -0.3 is 10.0 Å². The maximum atomic E-state index is 13.1. The molecule has 0 saturated carbocycles. The molecular formula is C11H15BFNO2. The highest BCUT2D eigenvalue weighted by molar-refractivity contribution is 6.59. The Morgan fingerprint density at radius 2 is 1.94 bits per heavy atom. The molecule has 3 nitrogen and oxygen atoms in total. The van der Waals surface area contributed by atoms with Crippen LogP contribution in [-0.4, -0.2) is 35.2 Å². The van der Waals surface area contributed by atoms with Crippen molar-refractivity contribution in [3.8, 4) is 0 Å². The largest absolute Gasteiger partial charge is 0.488 e. The zero-order valence-corrected chi connectivity index (χ0v) is 9.06. The fourth-order valence-electron chi connectivity index (χ4n) is 2.14. The molecule has 0 atom stereocenters. The quantitative estimate of drug-likeness (QED) is 0.714. The van der Waals surface area contributed by atoms with Gasteiger partial charge in [-0.3, -0.25) is 4.90 Å². The summed E-state index contributed by atoms with van der Waals surface area (Å²) < 4.78 is 13.1. The zero-order chi connectivity index (χ0) is 11.5. The van der Waals surface area contributed by atoms with Crippen LogP contribution in [0.3, 0.4) is 0 Å². The van der Waals surface area contributed by atoms with Gasteiger partial charge in [-0.2, -0.15) is 0 Å². The molecule has 0 unspecified atom stereocenters. The second kappa shape index (κ2) is 4.95. The van der Waals surface area contributed by atoms with Gasteiger partial charge in [-0.25, -0.2) is 4.39 Å². The molecule has 16 heavy (non-hydrogen) atoms. The van der Waals surface area contributed by atoms with E-state index in [1.54, 1.807) is 0 Å². The van der Waals surface area contributed by atoms with Gasteiger partial charge in [0.05, 0.1) is 0 Å². The molecule has 0 aliphatic carbocycles. The lowest BCUT2D eigenvalue weighted by molar-refractivity contribution is 0.331. The van der Waals surface area contributed by atoms with Crippen molar-refractivity contribution in [2.24, 2.45) is 0 Å². The van der Waals surface area contributed by atoms with Crippen LogP contribution in [0.25, 0.3) is 0 Å². The first-order valence-electron chi connectivity index (χ1n) is 5.53. The van der Waals surface area contributed by atoms with Gasteiger partial charge in [0.15, 0.2) is 0 Å². The second-order valence-corrected chi connectivity index (χ2v) is 4.20. The van der Waals surface area contributed by atoms with E-state index in [2.05, 4.69) is 4.90 Å². The normalized spacial score (nSPS) is 16.7. The molecule has 1 fully saturated rings. The predicted molar refractivity (Wildman–Crippen MR) is 60.7 cm³/mol. The van der Waals surface area contributed by atoms with Crippen LogP contribution in [0.1, 0.15) is 18.4 Å². The number of likely N-dealkylation sites (tertiary alicyclic amines) is 1. The van der Waals surface area contributed by atoms with Crippen LogP contribution in [-0.2, 0) is 6.54 Å². The second-order valence-electron chi connectivity index (χ2n) is 4.20. The summed E-state index contributed by atoms with van der Waals surface area (Å²) >= 11 is 0. The predicted octanol–water partition coefficient (Wildman–Crippen LogP) is 0.101. The van der Waals surface area contributed by atoms with Gasteiger partial charge in [0, 0.05) is 6.54 Å². The van der Waals surface area contributed by atoms with Gasteiger partial charge in [0.1, 0.15) is 5.82 Å². The molecule has 0 bridgehead atoms. The maximum absolute atomic E-state index is 13.1. The van der Waals surface area contributed by atoms with Crippen LogP contribution < -0.4 is 5.46 Å². The lowest BCUT2D eigenvalue weighted by atomic mass is 9.77. The van der Waals surface area contributed by atoms with Crippen LogP contribution in [0.2, 0.25) is 0 Å². The Labute approximate surface area is 94.7 Å². The maximum Gasteiger partial charge on any atom is 0.488 e. The van der Waals surface area contributed by atoms with E-state index in [0.717, 1.165) is 25.9 Å². The third kappa shape index (κ3) is 2.61. The van der Waals surface area contributed by atoms with Gasteiger partial charge in [-0.15, -0.1) is 0 Å². The van der Waals surface area contributed by atoms with Gasteiger partial charge in [0.2, 0.25) is 0 Å². The first-order valence-corrected chi connectivity index (χ1v) is 5.53. The third-order valence-electron chi connectivity index (χ3n) is 2.98. The Kier molecular flexibility index (Phi) is 3.58. The smallest absolute Gasteiger partial charge is 0.423 e. The Bertz CT molecular complexity index is 367. The van der Waals surface area contributed by atoms with Gasteiger partial charge in [-0.05, 0) is 49.1 Å². The summed E-state index contributed by atoms with van der Waals surface area (Å²) in [7, 11) is -1.53. The average molecular weight is 223 g/mol. The number of rotatable bonds is 3. The van der Waals surface area contributed by atoms with Crippen molar-refractivity contribution in [2.75, 3.05) is 13.1 Å². The Balaban J connectivity index is 2.19. The molecule has 1 aromatic rings. The molecule has 1 saturated heterocycles. The first-order chi connectivity index (χ1) is 7.66. The Morgan fingerprint density at radius 1 is 1.25 bits per heavy atom. The van der Waals surface area contributed by atoms with E-state index in [4.69, 9.17) is 0 Å². The molecular weight excluding hydrogens is 208 g/mol. The van der Waals surface area contributed by atoms with Crippen LogP contribution in [0, 0.1) is 5.82 Å². The zero-order valence-electron chi connectivity index (χ0n) is 9.06. The lowest BCUT2D eigenvalue weighted by Gasteiger charge is -2.17. The van der Waals surface area contributed by atoms with Crippen molar-refractivity contribution < 1.29 is 14.4 Å². The standard InChI is InChI=1S/C11H15BFNO2/c13-10-3-4-11(12(15)16)9(7-10)8-14-5-1-2-6-14/h3-4,7,15-16H,1-2,5-6,8H2. The van der Waals surface area contributed by atoms with Crippen LogP contribution in [0.4, 0.5) is 4.39 Å².